The van der Waals surface area contributed by atoms with Crippen molar-refractivity contribution < 1.29 is 19.1 Å². The Hall–Kier alpha value is -2.73. The van der Waals surface area contributed by atoms with Gasteiger partial charge in [-0.3, -0.25) is 14.5 Å². The highest BCUT2D eigenvalue weighted by atomic mass is 32.2. The number of unbranched alkanes of at least 4 members (excludes halogenated alkanes) is 1. The van der Waals surface area contributed by atoms with Crippen molar-refractivity contribution in [1.29, 1.82) is 0 Å². The lowest BCUT2D eigenvalue weighted by atomic mass is 10.1. The zero-order valence-electron chi connectivity index (χ0n) is 16.9. The summed E-state index contributed by atoms with van der Waals surface area (Å²) in [7, 11) is 1.58. The van der Waals surface area contributed by atoms with Gasteiger partial charge in [0, 0.05) is 0 Å². The van der Waals surface area contributed by atoms with Crippen LogP contribution in [0.15, 0.2) is 47.4 Å². The van der Waals surface area contributed by atoms with Crippen LogP contribution in [0.3, 0.4) is 0 Å². The number of hydrogen-bond donors (Lipinski definition) is 0. The third-order valence-corrected chi connectivity index (χ3v) is 5.45. The van der Waals surface area contributed by atoms with Crippen LogP contribution >= 0.6 is 11.8 Å². The van der Waals surface area contributed by atoms with Crippen molar-refractivity contribution >= 4 is 29.0 Å². The van der Waals surface area contributed by atoms with Crippen LogP contribution < -0.4 is 9.47 Å². The van der Waals surface area contributed by atoms with Crippen molar-refractivity contribution in [3.05, 3.63) is 64.1 Å². The number of ether oxygens (including phenoxy) is 2. The van der Waals surface area contributed by atoms with Crippen molar-refractivity contribution in [3.8, 4) is 11.5 Å². The average molecular weight is 412 g/mol. The van der Waals surface area contributed by atoms with Crippen molar-refractivity contribution in [2.45, 2.75) is 33.2 Å². The summed E-state index contributed by atoms with van der Waals surface area (Å²) in [6.45, 7) is 5.00. The lowest BCUT2D eigenvalue weighted by molar-refractivity contribution is -0.123. The number of thioether (sulfide) groups is 1. The minimum atomic E-state index is -0.274. The highest BCUT2D eigenvalue weighted by molar-refractivity contribution is 8.18. The fraction of sp³-hybridized carbons (Fsp3) is 0.304. The molecule has 3 rings (SSSR count). The number of carbonyl (C=O) groups excluding carboxylic acids is 2. The maximum absolute atomic E-state index is 12.8. The molecule has 1 aliphatic rings. The Morgan fingerprint density at radius 3 is 2.66 bits per heavy atom. The van der Waals surface area contributed by atoms with Gasteiger partial charge in [0.15, 0.2) is 11.5 Å². The first kappa shape index (κ1) is 21.0. The van der Waals surface area contributed by atoms with Gasteiger partial charge in [0.2, 0.25) is 0 Å². The quantitative estimate of drug-likeness (QED) is 0.429. The lowest BCUT2D eigenvalue weighted by Gasteiger charge is -2.13. The molecule has 0 saturated carbocycles. The molecule has 5 nitrogen and oxygen atoms in total. The van der Waals surface area contributed by atoms with E-state index in [1.54, 1.807) is 13.2 Å². The van der Waals surface area contributed by atoms with Crippen LogP contribution in [0.4, 0.5) is 4.79 Å². The number of aryl methyl sites for hydroxylation is 1. The molecule has 2 aromatic carbocycles. The number of amides is 2. The fourth-order valence-electron chi connectivity index (χ4n) is 3.00. The van der Waals surface area contributed by atoms with E-state index in [0.717, 1.165) is 41.3 Å². The molecular weight excluding hydrogens is 386 g/mol. The van der Waals surface area contributed by atoms with Gasteiger partial charge < -0.3 is 9.47 Å². The molecule has 2 amide bonds. The number of carbonyl (C=O) groups is 2. The number of hydrogen-bond acceptors (Lipinski definition) is 5. The molecule has 1 heterocycles. The second-order valence-electron chi connectivity index (χ2n) is 6.87. The summed E-state index contributed by atoms with van der Waals surface area (Å²) in [5, 5.41) is -0.255. The molecule has 0 N–H and O–H groups in total. The predicted molar refractivity (Wildman–Crippen MR) is 116 cm³/mol. The number of nitrogens with zero attached hydrogens (tertiary/aromatic N) is 1. The Bertz CT molecular complexity index is 938. The third-order valence-electron chi connectivity index (χ3n) is 4.54. The van der Waals surface area contributed by atoms with Gasteiger partial charge in [0.05, 0.1) is 25.2 Å². The number of imide groups is 1. The van der Waals surface area contributed by atoms with Crippen molar-refractivity contribution in [3.63, 3.8) is 0 Å². The molecule has 0 atom stereocenters. The van der Waals surface area contributed by atoms with Crippen LogP contribution in [0, 0.1) is 6.92 Å². The van der Waals surface area contributed by atoms with Gasteiger partial charge in [-0.2, -0.15) is 0 Å². The SMILES string of the molecule is CCCCOc1ccc(/C=C2\SC(=O)N(Cc3cccc(C)c3)C2=O)cc1OC. The summed E-state index contributed by atoms with van der Waals surface area (Å²) < 4.78 is 11.2. The summed E-state index contributed by atoms with van der Waals surface area (Å²) in [6, 6.07) is 13.3. The molecule has 0 bridgehead atoms. The van der Waals surface area contributed by atoms with E-state index in [2.05, 4.69) is 6.92 Å². The first-order valence-electron chi connectivity index (χ1n) is 9.63. The van der Waals surface area contributed by atoms with E-state index in [1.807, 2.05) is 49.4 Å². The molecule has 0 aromatic heterocycles. The summed E-state index contributed by atoms with van der Waals surface area (Å²) in [5.41, 5.74) is 2.81. The van der Waals surface area contributed by atoms with E-state index in [4.69, 9.17) is 9.47 Å². The van der Waals surface area contributed by atoms with Crippen LogP contribution in [-0.2, 0) is 11.3 Å². The largest absolute Gasteiger partial charge is 0.493 e. The van der Waals surface area contributed by atoms with Crippen molar-refractivity contribution in [2.24, 2.45) is 0 Å². The fourth-order valence-corrected chi connectivity index (χ4v) is 3.84. The molecule has 0 radical (unpaired) electrons. The van der Waals surface area contributed by atoms with Crippen molar-refractivity contribution in [2.75, 3.05) is 13.7 Å². The highest BCUT2D eigenvalue weighted by Gasteiger charge is 2.35. The van der Waals surface area contributed by atoms with E-state index in [0.29, 0.717) is 23.0 Å². The topological polar surface area (TPSA) is 55.8 Å². The summed E-state index contributed by atoms with van der Waals surface area (Å²) in [6.07, 6.45) is 3.75. The van der Waals surface area contributed by atoms with Crippen LogP contribution in [0.2, 0.25) is 0 Å². The van der Waals surface area contributed by atoms with Gasteiger partial charge in [-0.15, -0.1) is 0 Å². The number of benzene rings is 2. The Morgan fingerprint density at radius 1 is 1.10 bits per heavy atom. The minimum Gasteiger partial charge on any atom is -0.493 e. The van der Waals surface area contributed by atoms with Crippen LogP contribution in [-0.4, -0.2) is 29.8 Å². The molecular formula is C23H25NO4S. The van der Waals surface area contributed by atoms with Crippen LogP contribution in [0.25, 0.3) is 6.08 Å². The zero-order valence-corrected chi connectivity index (χ0v) is 17.8. The normalized spacial score (nSPS) is 15.3. The molecule has 29 heavy (non-hydrogen) atoms. The van der Waals surface area contributed by atoms with Gasteiger partial charge in [-0.25, -0.2) is 0 Å². The Kier molecular flexibility index (Phi) is 6.99. The molecule has 1 saturated heterocycles. The third kappa shape index (κ3) is 5.21. The van der Waals surface area contributed by atoms with Gasteiger partial charge >= 0.3 is 0 Å². The second-order valence-corrected chi connectivity index (χ2v) is 7.86. The number of rotatable bonds is 8. The summed E-state index contributed by atoms with van der Waals surface area (Å²) in [4.78, 5) is 26.8. The zero-order chi connectivity index (χ0) is 20.8. The molecule has 0 spiro atoms. The molecule has 1 fully saturated rings. The predicted octanol–water partition coefficient (Wildman–Crippen LogP) is 5.42. The monoisotopic (exact) mass is 411 g/mol. The van der Waals surface area contributed by atoms with Gasteiger partial charge in [-0.1, -0.05) is 49.2 Å². The molecule has 0 unspecified atom stereocenters. The van der Waals surface area contributed by atoms with Gasteiger partial charge in [0.1, 0.15) is 0 Å². The van der Waals surface area contributed by atoms with E-state index in [-0.39, 0.29) is 17.7 Å². The van der Waals surface area contributed by atoms with E-state index in [1.165, 1.54) is 4.90 Å². The van der Waals surface area contributed by atoms with Crippen LogP contribution in [0.1, 0.15) is 36.5 Å². The Labute approximate surface area is 175 Å². The van der Waals surface area contributed by atoms with Crippen LogP contribution in [0.5, 0.6) is 11.5 Å². The molecule has 0 aliphatic carbocycles. The van der Waals surface area contributed by atoms with E-state index in [9.17, 15) is 9.59 Å². The maximum Gasteiger partial charge on any atom is 0.293 e. The van der Waals surface area contributed by atoms with Crippen molar-refractivity contribution in [1.82, 2.24) is 4.90 Å². The van der Waals surface area contributed by atoms with Gasteiger partial charge in [0.25, 0.3) is 11.1 Å². The molecule has 6 heteroatoms. The Morgan fingerprint density at radius 2 is 1.93 bits per heavy atom. The average Bonchev–Trinajstić information content (AvgIpc) is 2.96. The van der Waals surface area contributed by atoms with Gasteiger partial charge in [-0.05, 0) is 54.4 Å². The molecule has 152 valence electrons. The first-order chi connectivity index (χ1) is 14.0. The smallest absolute Gasteiger partial charge is 0.293 e. The minimum absolute atomic E-state index is 0.255. The lowest BCUT2D eigenvalue weighted by Crippen LogP contribution is -2.27. The molecule has 1 aliphatic heterocycles. The first-order valence-corrected chi connectivity index (χ1v) is 10.4. The highest BCUT2D eigenvalue weighted by Crippen LogP contribution is 2.35. The maximum atomic E-state index is 12.8. The summed E-state index contributed by atoms with van der Waals surface area (Å²) >= 11 is 0.961. The second kappa shape index (κ2) is 9.65. The number of methoxy groups -OCH3 is 1. The molecule has 2 aromatic rings. The summed E-state index contributed by atoms with van der Waals surface area (Å²) in [5.74, 6) is 1.00. The van der Waals surface area contributed by atoms with E-state index >= 15 is 0 Å². The van der Waals surface area contributed by atoms with E-state index < -0.39 is 0 Å². The standard InChI is InChI=1S/C23H25NO4S/c1-4-5-11-28-19-10-9-17(13-20(19)27-3)14-21-22(25)24(23(26)29-21)15-18-8-6-7-16(2)12-18/h6-10,12-14H,4-5,11,15H2,1-3H3/b21-14-. The Balaban J connectivity index is 1.76.